The summed E-state index contributed by atoms with van der Waals surface area (Å²) in [6.07, 6.45) is 0. The Hall–Kier alpha value is -1.64. The minimum atomic E-state index is 0.611. The van der Waals surface area contributed by atoms with Gasteiger partial charge in [0.05, 0.1) is 0 Å². The molecule has 0 unspecified atom stereocenters. The van der Waals surface area contributed by atoms with Crippen LogP contribution in [0.1, 0.15) is 0 Å². The van der Waals surface area contributed by atoms with Crippen molar-refractivity contribution in [1.82, 2.24) is 10.2 Å². The minimum absolute atomic E-state index is 0.611. The third-order valence-corrected chi connectivity index (χ3v) is 1.80. The zero-order valence-electron chi connectivity index (χ0n) is 5.61. The normalized spacial score (nSPS) is 11.6. The Labute approximate surface area is 62.7 Å². The van der Waals surface area contributed by atoms with E-state index in [0.717, 1.165) is 11.1 Å². The second-order valence-corrected chi connectivity index (χ2v) is 2.49. The van der Waals surface area contributed by atoms with Crippen LogP contribution in [0.3, 0.4) is 0 Å². The Morgan fingerprint density at radius 2 is 1.27 bits per heavy atom. The van der Waals surface area contributed by atoms with E-state index in [9.17, 15) is 0 Å². The van der Waals surface area contributed by atoms with Crippen LogP contribution in [0, 0.1) is 0 Å². The average Bonchev–Trinajstić information content (AvgIpc) is 2.38. The summed E-state index contributed by atoms with van der Waals surface area (Å²) < 4.78 is 5.31. The topological polar surface area (TPSA) is 38.9 Å². The molecule has 0 saturated heterocycles. The number of benzene rings is 1. The Kier molecular flexibility index (Phi) is 0.692. The molecule has 11 heavy (non-hydrogen) atoms. The van der Waals surface area contributed by atoms with E-state index in [0.29, 0.717) is 11.8 Å². The molecule has 0 spiro atoms. The van der Waals surface area contributed by atoms with Gasteiger partial charge in [0.25, 0.3) is 0 Å². The van der Waals surface area contributed by atoms with Crippen molar-refractivity contribution >= 4 is 0 Å². The summed E-state index contributed by atoms with van der Waals surface area (Å²) in [5.41, 5.74) is 1.98. The highest BCUT2D eigenvalue weighted by Gasteiger charge is 2.14. The monoisotopic (exact) mass is 144 g/mol. The lowest BCUT2D eigenvalue weighted by Gasteiger charge is -1.91. The fraction of sp³-hybridized carbons (Fsp3) is 0. The van der Waals surface area contributed by atoms with Gasteiger partial charge < -0.3 is 4.42 Å². The molecule has 2 aliphatic heterocycles. The van der Waals surface area contributed by atoms with Gasteiger partial charge in [-0.15, -0.1) is 10.2 Å². The molecule has 2 aliphatic rings. The van der Waals surface area contributed by atoms with Gasteiger partial charge in [-0.3, -0.25) is 0 Å². The van der Waals surface area contributed by atoms with E-state index in [-0.39, 0.29) is 0 Å². The van der Waals surface area contributed by atoms with Gasteiger partial charge in [0, 0.05) is 11.1 Å². The largest absolute Gasteiger partial charge is 0.416 e. The van der Waals surface area contributed by atoms with E-state index in [1.54, 1.807) is 0 Å². The van der Waals surface area contributed by atoms with Crippen LogP contribution in [-0.2, 0) is 0 Å². The van der Waals surface area contributed by atoms with Crippen LogP contribution in [0.15, 0.2) is 28.7 Å². The van der Waals surface area contributed by atoms with Crippen molar-refractivity contribution < 1.29 is 4.42 Å². The molecule has 0 fully saturated rings. The van der Waals surface area contributed by atoms with Crippen LogP contribution in [-0.4, -0.2) is 10.2 Å². The van der Waals surface area contributed by atoms with Gasteiger partial charge in [-0.05, 0) is 24.3 Å². The third kappa shape index (κ3) is 0.526. The number of fused-ring (bicyclic) bond motifs is 2. The molecule has 0 aliphatic carbocycles. The number of hydrogen-bond donors (Lipinski definition) is 0. The van der Waals surface area contributed by atoms with Gasteiger partial charge in [-0.2, -0.15) is 0 Å². The zero-order valence-corrected chi connectivity index (χ0v) is 5.61. The molecular formula is C8H4N2O. The number of hydrogen-bond acceptors (Lipinski definition) is 3. The molecule has 2 aromatic rings. The van der Waals surface area contributed by atoms with Crippen LogP contribution in [0.25, 0.3) is 22.9 Å². The van der Waals surface area contributed by atoms with E-state index in [1.165, 1.54) is 0 Å². The minimum Gasteiger partial charge on any atom is -0.416 e. The van der Waals surface area contributed by atoms with Crippen molar-refractivity contribution in [1.29, 1.82) is 0 Å². The summed E-state index contributed by atoms with van der Waals surface area (Å²) in [6.45, 7) is 0. The maximum atomic E-state index is 5.31. The molecule has 0 saturated carbocycles. The number of aromatic nitrogens is 2. The highest BCUT2D eigenvalue weighted by molar-refractivity contribution is 5.65. The molecule has 3 heterocycles. The maximum absolute atomic E-state index is 5.31. The van der Waals surface area contributed by atoms with E-state index >= 15 is 0 Å². The summed E-state index contributed by atoms with van der Waals surface area (Å²) in [4.78, 5) is 0. The fourth-order valence-electron chi connectivity index (χ4n) is 1.21. The predicted molar refractivity (Wildman–Crippen MR) is 38.7 cm³/mol. The molecule has 1 aromatic carbocycles. The van der Waals surface area contributed by atoms with Gasteiger partial charge in [0.2, 0.25) is 11.8 Å². The quantitative estimate of drug-likeness (QED) is 0.482. The first kappa shape index (κ1) is 5.07. The first-order chi connectivity index (χ1) is 5.43. The van der Waals surface area contributed by atoms with Gasteiger partial charge in [-0.1, -0.05) is 0 Å². The highest BCUT2D eigenvalue weighted by Crippen LogP contribution is 2.29. The van der Waals surface area contributed by atoms with Crippen molar-refractivity contribution in [2.24, 2.45) is 0 Å². The first-order valence-electron chi connectivity index (χ1n) is 3.38. The zero-order chi connectivity index (χ0) is 7.26. The molecule has 3 heteroatoms. The van der Waals surface area contributed by atoms with Gasteiger partial charge in [-0.25, -0.2) is 0 Å². The van der Waals surface area contributed by atoms with Crippen molar-refractivity contribution in [3.05, 3.63) is 24.3 Å². The molecule has 4 rings (SSSR count). The molecule has 0 radical (unpaired) electrons. The van der Waals surface area contributed by atoms with Crippen LogP contribution >= 0.6 is 0 Å². The lowest BCUT2D eigenvalue weighted by Crippen LogP contribution is -1.81. The van der Waals surface area contributed by atoms with E-state index in [2.05, 4.69) is 10.2 Å². The lowest BCUT2D eigenvalue weighted by atomic mass is 10.1. The smallest absolute Gasteiger partial charge is 0.248 e. The van der Waals surface area contributed by atoms with Gasteiger partial charge >= 0.3 is 0 Å². The Morgan fingerprint density at radius 1 is 0.818 bits per heavy atom. The molecule has 52 valence electrons. The van der Waals surface area contributed by atoms with Gasteiger partial charge in [0.15, 0.2) is 0 Å². The Bertz CT molecular complexity index is 365. The maximum Gasteiger partial charge on any atom is 0.248 e. The van der Waals surface area contributed by atoms with Crippen LogP contribution < -0.4 is 0 Å². The number of rotatable bonds is 0. The summed E-state index contributed by atoms with van der Waals surface area (Å²) in [7, 11) is 0. The molecular weight excluding hydrogens is 140 g/mol. The van der Waals surface area contributed by atoms with E-state index in [1.807, 2.05) is 24.3 Å². The van der Waals surface area contributed by atoms with Crippen molar-refractivity contribution in [3.63, 3.8) is 0 Å². The van der Waals surface area contributed by atoms with Crippen molar-refractivity contribution in [2.75, 3.05) is 0 Å². The van der Waals surface area contributed by atoms with Crippen LogP contribution in [0.2, 0.25) is 0 Å². The molecule has 3 nitrogen and oxygen atoms in total. The number of nitrogens with zero attached hydrogens (tertiary/aromatic N) is 2. The lowest BCUT2D eigenvalue weighted by molar-refractivity contribution is 0.587. The summed E-state index contributed by atoms with van der Waals surface area (Å²) >= 11 is 0. The molecule has 0 atom stereocenters. The standard InChI is InChI=1S/C8H4N2O/c1-2-6-4-3-5(1)7-9-10-8(6)11-7/h1-4H. The highest BCUT2D eigenvalue weighted by atomic mass is 16.4. The van der Waals surface area contributed by atoms with Crippen molar-refractivity contribution in [2.45, 2.75) is 0 Å². The Balaban J connectivity index is 2.56. The Morgan fingerprint density at radius 3 is 1.73 bits per heavy atom. The SMILES string of the molecule is c1cc2ccc1-c1nnc-2o1. The molecule has 4 bridgehead atoms. The van der Waals surface area contributed by atoms with Crippen LogP contribution in [0.5, 0.6) is 0 Å². The first-order valence-corrected chi connectivity index (χ1v) is 3.38. The second kappa shape index (κ2) is 1.50. The fourth-order valence-corrected chi connectivity index (χ4v) is 1.21. The second-order valence-electron chi connectivity index (χ2n) is 2.49. The summed E-state index contributed by atoms with van der Waals surface area (Å²) in [5, 5.41) is 7.72. The summed E-state index contributed by atoms with van der Waals surface area (Å²) in [6, 6.07) is 7.93. The summed E-state index contributed by atoms with van der Waals surface area (Å²) in [5.74, 6) is 1.22. The average molecular weight is 144 g/mol. The van der Waals surface area contributed by atoms with Gasteiger partial charge in [0.1, 0.15) is 0 Å². The van der Waals surface area contributed by atoms with Crippen LogP contribution in [0.4, 0.5) is 0 Å². The van der Waals surface area contributed by atoms with E-state index < -0.39 is 0 Å². The molecule has 0 amide bonds. The molecule has 0 N–H and O–H groups in total. The van der Waals surface area contributed by atoms with Crippen molar-refractivity contribution in [3.8, 4) is 22.9 Å². The third-order valence-electron chi connectivity index (χ3n) is 1.80. The predicted octanol–water partition coefficient (Wildman–Crippen LogP) is 1.72. The molecule has 1 aromatic heterocycles. The van der Waals surface area contributed by atoms with E-state index in [4.69, 9.17) is 4.42 Å².